The number of benzene rings is 2. The molecule has 0 aliphatic heterocycles. The van der Waals surface area contributed by atoms with E-state index < -0.39 is 29.5 Å². The van der Waals surface area contributed by atoms with Gasteiger partial charge in [-0.15, -0.1) is 11.3 Å². The summed E-state index contributed by atoms with van der Waals surface area (Å²) in [7, 11) is 1.58. The van der Waals surface area contributed by atoms with Gasteiger partial charge in [-0.25, -0.2) is 13.8 Å². The lowest BCUT2D eigenvalue weighted by atomic mass is 10.1. The highest BCUT2D eigenvalue weighted by molar-refractivity contribution is 7.18. The number of nitrogens with zero attached hydrogens (tertiary/aromatic N) is 1. The van der Waals surface area contributed by atoms with Crippen LogP contribution in [0.4, 0.5) is 8.78 Å². The Bertz CT molecular complexity index is 943. The largest absolute Gasteiger partial charge is 0.497 e. The number of halogens is 2. The lowest BCUT2D eigenvalue weighted by Crippen LogP contribution is -2.16. The molecule has 0 saturated carbocycles. The van der Waals surface area contributed by atoms with Crippen LogP contribution in [0.25, 0.3) is 10.2 Å². The highest BCUT2D eigenvalue weighted by Gasteiger charge is 2.17. The molecular formula is C17H14F2N2O3S. The van der Waals surface area contributed by atoms with E-state index in [1.54, 1.807) is 13.2 Å². The standard InChI is InChI=1S/C17H14F2N2O3S/c1-23-9-2-4-12-14(6-9)25-16(21-12)8-24-13-5-3-11(18)10(17(13)19)7-15(20)22/h2-6H,7-8H2,1H3,(H2,20,22). The maximum absolute atomic E-state index is 14.3. The number of ether oxygens (including phenoxy) is 2. The van der Waals surface area contributed by atoms with Crippen molar-refractivity contribution < 1.29 is 23.0 Å². The number of fused-ring (bicyclic) bond motifs is 1. The average Bonchev–Trinajstić information content (AvgIpc) is 2.99. The molecule has 1 heterocycles. The highest BCUT2D eigenvalue weighted by atomic mass is 32.1. The van der Waals surface area contributed by atoms with E-state index in [4.69, 9.17) is 15.2 Å². The van der Waals surface area contributed by atoms with Crippen LogP contribution < -0.4 is 15.2 Å². The number of aromatic nitrogens is 1. The molecule has 130 valence electrons. The van der Waals surface area contributed by atoms with Crippen LogP contribution >= 0.6 is 11.3 Å². The van der Waals surface area contributed by atoms with Crippen LogP contribution in [0.1, 0.15) is 10.6 Å². The van der Waals surface area contributed by atoms with E-state index >= 15 is 0 Å². The zero-order chi connectivity index (χ0) is 18.0. The van der Waals surface area contributed by atoms with Gasteiger partial charge >= 0.3 is 0 Å². The predicted octanol–water partition coefficient (Wildman–Crippen LogP) is 3.19. The Balaban J connectivity index is 1.80. The molecule has 5 nitrogen and oxygen atoms in total. The molecule has 3 rings (SSSR count). The molecule has 0 aliphatic carbocycles. The van der Waals surface area contributed by atoms with Crippen molar-refractivity contribution in [3.8, 4) is 11.5 Å². The molecule has 0 saturated heterocycles. The summed E-state index contributed by atoms with van der Waals surface area (Å²) in [5.74, 6) is -2.04. The van der Waals surface area contributed by atoms with E-state index in [9.17, 15) is 13.6 Å². The van der Waals surface area contributed by atoms with E-state index in [1.165, 1.54) is 17.4 Å². The van der Waals surface area contributed by atoms with Crippen LogP contribution in [0.15, 0.2) is 30.3 Å². The molecule has 8 heteroatoms. The smallest absolute Gasteiger partial charge is 0.222 e. The number of thiazole rings is 1. The lowest BCUT2D eigenvalue weighted by Gasteiger charge is -2.09. The first kappa shape index (κ1) is 17.1. The van der Waals surface area contributed by atoms with E-state index in [2.05, 4.69) is 4.98 Å². The Morgan fingerprint density at radius 2 is 2.08 bits per heavy atom. The molecule has 0 spiro atoms. The predicted molar refractivity (Wildman–Crippen MR) is 89.8 cm³/mol. The van der Waals surface area contributed by atoms with Crippen molar-refractivity contribution in [1.29, 1.82) is 0 Å². The normalized spacial score (nSPS) is 10.8. The van der Waals surface area contributed by atoms with E-state index in [0.717, 1.165) is 16.3 Å². The number of primary amides is 1. The molecular weight excluding hydrogens is 350 g/mol. The third-order valence-electron chi connectivity index (χ3n) is 3.49. The summed E-state index contributed by atoms with van der Waals surface area (Å²) < 4.78 is 39.4. The second-order valence-corrected chi connectivity index (χ2v) is 6.33. The molecule has 0 fully saturated rings. The number of hydrogen-bond acceptors (Lipinski definition) is 5. The average molecular weight is 364 g/mol. The number of nitrogens with two attached hydrogens (primary N) is 1. The summed E-state index contributed by atoms with van der Waals surface area (Å²) in [5, 5.41) is 0.628. The number of methoxy groups -OCH3 is 1. The number of carbonyl (C=O) groups is 1. The van der Waals surface area contributed by atoms with Crippen molar-refractivity contribution in [1.82, 2.24) is 4.98 Å². The fourth-order valence-electron chi connectivity index (χ4n) is 2.30. The summed E-state index contributed by atoms with van der Waals surface area (Å²) in [6.45, 7) is 0.0141. The van der Waals surface area contributed by atoms with Gasteiger partial charge in [-0.3, -0.25) is 4.79 Å². The number of rotatable bonds is 6. The van der Waals surface area contributed by atoms with Crippen LogP contribution in [-0.2, 0) is 17.8 Å². The summed E-state index contributed by atoms with van der Waals surface area (Å²) in [5.41, 5.74) is 5.39. The van der Waals surface area contributed by atoms with E-state index in [0.29, 0.717) is 10.8 Å². The fourth-order valence-corrected chi connectivity index (χ4v) is 3.21. The summed E-state index contributed by atoms with van der Waals surface area (Å²) in [6, 6.07) is 7.67. The second-order valence-electron chi connectivity index (χ2n) is 5.21. The van der Waals surface area contributed by atoms with E-state index in [1.807, 2.05) is 12.1 Å². The van der Waals surface area contributed by atoms with Gasteiger partial charge in [0.1, 0.15) is 23.2 Å². The van der Waals surface area contributed by atoms with Crippen molar-refractivity contribution in [2.24, 2.45) is 5.73 Å². The Hall–Kier alpha value is -2.74. The van der Waals surface area contributed by atoms with Crippen molar-refractivity contribution in [2.75, 3.05) is 7.11 Å². The van der Waals surface area contributed by atoms with Crippen LogP contribution in [0.5, 0.6) is 11.5 Å². The zero-order valence-corrected chi connectivity index (χ0v) is 14.0. The third-order valence-corrected chi connectivity index (χ3v) is 4.48. The minimum atomic E-state index is -0.929. The molecule has 0 aliphatic rings. The first-order chi connectivity index (χ1) is 12.0. The molecule has 0 atom stereocenters. The summed E-state index contributed by atoms with van der Waals surface area (Å²) in [6.07, 6.45) is -0.532. The molecule has 1 amide bonds. The first-order valence-corrected chi connectivity index (χ1v) is 8.11. The van der Waals surface area contributed by atoms with Crippen LogP contribution in [0, 0.1) is 11.6 Å². The number of amides is 1. The monoisotopic (exact) mass is 364 g/mol. The Morgan fingerprint density at radius 3 is 2.80 bits per heavy atom. The molecule has 0 unspecified atom stereocenters. The molecule has 2 aromatic carbocycles. The molecule has 3 aromatic rings. The topological polar surface area (TPSA) is 74.4 Å². The third kappa shape index (κ3) is 3.69. The molecule has 1 aromatic heterocycles. The van der Waals surface area contributed by atoms with Gasteiger partial charge in [-0.1, -0.05) is 0 Å². The van der Waals surface area contributed by atoms with Gasteiger partial charge in [-0.05, 0) is 30.3 Å². The summed E-state index contributed by atoms with van der Waals surface area (Å²) in [4.78, 5) is 15.3. The highest BCUT2D eigenvalue weighted by Crippen LogP contribution is 2.28. The minimum absolute atomic E-state index is 0.0141. The van der Waals surface area contributed by atoms with Gasteiger partial charge in [0.25, 0.3) is 0 Å². The van der Waals surface area contributed by atoms with Gasteiger partial charge < -0.3 is 15.2 Å². The zero-order valence-electron chi connectivity index (χ0n) is 13.2. The lowest BCUT2D eigenvalue weighted by molar-refractivity contribution is -0.117. The summed E-state index contributed by atoms with van der Waals surface area (Å²) >= 11 is 1.38. The van der Waals surface area contributed by atoms with Crippen molar-refractivity contribution >= 4 is 27.5 Å². The van der Waals surface area contributed by atoms with Gasteiger partial charge in [0, 0.05) is 5.56 Å². The van der Waals surface area contributed by atoms with Crippen LogP contribution in [0.3, 0.4) is 0 Å². The van der Waals surface area contributed by atoms with Gasteiger partial charge in [0.15, 0.2) is 11.6 Å². The molecule has 25 heavy (non-hydrogen) atoms. The van der Waals surface area contributed by atoms with Crippen molar-refractivity contribution in [2.45, 2.75) is 13.0 Å². The van der Waals surface area contributed by atoms with Gasteiger partial charge in [-0.2, -0.15) is 0 Å². The maximum Gasteiger partial charge on any atom is 0.222 e. The molecule has 0 radical (unpaired) electrons. The van der Waals surface area contributed by atoms with Crippen LogP contribution in [-0.4, -0.2) is 18.0 Å². The van der Waals surface area contributed by atoms with E-state index in [-0.39, 0.29) is 12.4 Å². The fraction of sp³-hybridized carbons (Fsp3) is 0.176. The number of hydrogen-bond donors (Lipinski definition) is 1. The van der Waals surface area contributed by atoms with Crippen LogP contribution in [0.2, 0.25) is 0 Å². The SMILES string of the molecule is COc1ccc2nc(COc3ccc(F)c(CC(N)=O)c3F)sc2c1. The molecule has 0 bridgehead atoms. The van der Waals surface area contributed by atoms with Gasteiger partial charge in [0.05, 0.1) is 23.7 Å². The second kappa shape index (κ2) is 7.02. The Kier molecular flexibility index (Phi) is 4.80. The van der Waals surface area contributed by atoms with Crippen molar-refractivity contribution in [3.05, 3.63) is 52.5 Å². The Morgan fingerprint density at radius 1 is 1.28 bits per heavy atom. The maximum atomic E-state index is 14.3. The number of carbonyl (C=O) groups excluding carboxylic acids is 1. The minimum Gasteiger partial charge on any atom is -0.497 e. The van der Waals surface area contributed by atoms with Gasteiger partial charge in [0.2, 0.25) is 5.91 Å². The molecule has 2 N–H and O–H groups in total. The quantitative estimate of drug-likeness (QED) is 0.729. The first-order valence-electron chi connectivity index (χ1n) is 7.29. The van der Waals surface area contributed by atoms with Crippen molar-refractivity contribution in [3.63, 3.8) is 0 Å². The Labute approximate surface area is 146 Å².